The molecule has 0 spiro atoms. The van der Waals surface area contributed by atoms with Gasteiger partial charge < -0.3 is 20.3 Å². The molecule has 0 heterocycles. The fraction of sp³-hybridized carbons (Fsp3) is 0.381. The predicted molar refractivity (Wildman–Crippen MR) is 109 cm³/mol. The van der Waals surface area contributed by atoms with Gasteiger partial charge >= 0.3 is 0 Å². The molecule has 0 aliphatic heterocycles. The standard InChI is InChI=1S/C21H23Cl2NO4/c1-28-19-11-12(7-9-18(19)25)14-4-2-3-5-17(14)24-21(27)20(26)13-6-8-15(22)16(23)10-13/h6-11,14,17,20,25-26H,2-5H2,1H3,(H,24,27). The van der Waals surface area contributed by atoms with Crippen molar-refractivity contribution in [2.45, 2.75) is 43.7 Å². The molecule has 1 fully saturated rings. The lowest BCUT2D eigenvalue weighted by atomic mass is 9.79. The number of phenols is 1. The van der Waals surface area contributed by atoms with Crippen LogP contribution in [0.5, 0.6) is 11.5 Å². The summed E-state index contributed by atoms with van der Waals surface area (Å²) in [7, 11) is 1.51. The van der Waals surface area contributed by atoms with E-state index >= 15 is 0 Å². The Kier molecular flexibility index (Phi) is 6.70. The number of aliphatic hydroxyl groups excluding tert-OH is 1. The Bertz CT molecular complexity index is 858. The van der Waals surface area contributed by atoms with Gasteiger partial charge in [-0.05, 0) is 48.2 Å². The molecule has 0 bridgehead atoms. The number of methoxy groups -OCH3 is 1. The summed E-state index contributed by atoms with van der Waals surface area (Å²) in [5.74, 6) is 0.0934. The van der Waals surface area contributed by atoms with Crippen LogP contribution < -0.4 is 10.1 Å². The summed E-state index contributed by atoms with van der Waals surface area (Å²) in [4.78, 5) is 12.7. The second-order valence-electron chi connectivity index (χ2n) is 7.01. The first-order chi connectivity index (χ1) is 13.4. The zero-order valence-electron chi connectivity index (χ0n) is 15.5. The van der Waals surface area contributed by atoms with Gasteiger partial charge in [0.05, 0.1) is 17.2 Å². The van der Waals surface area contributed by atoms with Crippen LogP contribution in [0.25, 0.3) is 0 Å². The lowest BCUT2D eigenvalue weighted by molar-refractivity contribution is -0.130. The van der Waals surface area contributed by atoms with E-state index in [1.807, 2.05) is 6.07 Å². The fourth-order valence-electron chi connectivity index (χ4n) is 3.72. The highest BCUT2D eigenvalue weighted by Crippen LogP contribution is 2.37. The summed E-state index contributed by atoms with van der Waals surface area (Å²) >= 11 is 11.9. The van der Waals surface area contributed by atoms with Crippen LogP contribution in [0.3, 0.4) is 0 Å². The molecule has 7 heteroatoms. The third kappa shape index (κ3) is 4.54. The fourth-order valence-corrected chi connectivity index (χ4v) is 4.03. The van der Waals surface area contributed by atoms with E-state index < -0.39 is 12.0 Å². The minimum absolute atomic E-state index is 0.0770. The van der Waals surface area contributed by atoms with Gasteiger partial charge in [0.1, 0.15) is 0 Å². The molecule has 5 nitrogen and oxygen atoms in total. The summed E-state index contributed by atoms with van der Waals surface area (Å²) < 4.78 is 5.21. The second kappa shape index (κ2) is 9.03. The topological polar surface area (TPSA) is 78.8 Å². The molecule has 2 aromatic carbocycles. The average Bonchev–Trinajstić information content (AvgIpc) is 2.70. The van der Waals surface area contributed by atoms with E-state index in [0.29, 0.717) is 16.3 Å². The number of carbonyl (C=O) groups excluding carboxylic acids is 1. The molecule has 3 N–H and O–H groups in total. The van der Waals surface area contributed by atoms with Gasteiger partial charge in [-0.25, -0.2) is 0 Å². The molecule has 1 saturated carbocycles. The average molecular weight is 424 g/mol. The highest BCUT2D eigenvalue weighted by atomic mass is 35.5. The number of halogens is 2. The van der Waals surface area contributed by atoms with Crippen LogP contribution >= 0.6 is 23.2 Å². The van der Waals surface area contributed by atoms with Gasteiger partial charge in [0, 0.05) is 12.0 Å². The van der Waals surface area contributed by atoms with E-state index in [4.69, 9.17) is 27.9 Å². The molecule has 2 aromatic rings. The molecular weight excluding hydrogens is 401 g/mol. The van der Waals surface area contributed by atoms with Crippen molar-refractivity contribution in [3.63, 3.8) is 0 Å². The Balaban J connectivity index is 1.76. The number of carbonyl (C=O) groups is 1. The van der Waals surface area contributed by atoms with Crippen molar-refractivity contribution in [1.82, 2.24) is 5.32 Å². The van der Waals surface area contributed by atoms with Gasteiger partial charge in [0.2, 0.25) is 0 Å². The second-order valence-corrected chi connectivity index (χ2v) is 7.83. The monoisotopic (exact) mass is 423 g/mol. The summed E-state index contributed by atoms with van der Waals surface area (Å²) in [5.41, 5.74) is 1.38. The first-order valence-corrected chi connectivity index (χ1v) is 9.96. The van der Waals surface area contributed by atoms with Crippen LogP contribution in [-0.2, 0) is 4.79 Å². The van der Waals surface area contributed by atoms with Crippen molar-refractivity contribution < 1.29 is 19.7 Å². The first kappa shape index (κ1) is 20.8. The van der Waals surface area contributed by atoms with E-state index in [2.05, 4.69) is 5.32 Å². The Morgan fingerprint density at radius 3 is 2.61 bits per heavy atom. The summed E-state index contributed by atoms with van der Waals surface area (Å²) in [6, 6.07) is 9.78. The Labute approximate surface area is 174 Å². The number of hydrogen-bond acceptors (Lipinski definition) is 4. The molecule has 28 heavy (non-hydrogen) atoms. The van der Waals surface area contributed by atoms with Gasteiger partial charge in [-0.1, -0.05) is 48.2 Å². The van der Waals surface area contributed by atoms with Gasteiger partial charge in [-0.3, -0.25) is 4.79 Å². The molecule has 1 aliphatic rings. The number of hydrogen-bond donors (Lipinski definition) is 3. The van der Waals surface area contributed by atoms with Crippen molar-refractivity contribution in [3.8, 4) is 11.5 Å². The summed E-state index contributed by atoms with van der Waals surface area (Å²) in [5, 5.41) is 23.9. The maximum absolute atomic E-state index is 12.7. The molecule has 3 unspecified atom stereocenters. The SMILES string of the molecule is COc1cc(C2CCCCC2NC(=O)C(O)c2ccc(Cl)c(Cl)c2)ccc1O. The van der Waals surface area contributed by atoms with Crippen molar-refractivity contribution >= 4 is 29.1 Å². The Morgan fingerprint density at radius 2 is 1.89 bits per heavy atom. The zero-order chi connectivity index (χ0) is 20.3. The molecule has 150 valence electrons. The van der Waals surface area contributed by atoms with Crippen molar-refractivity contribution in [3.05, 3.63) is 57.6 Å². The minimum Gasteiger partial charge on any atom is -0.504 e. The molecule has 3 rings (SSSR count). The van der Waals surface area contributed by atoms with E-state index in [-0.39, 0.29) is 22.7 Å². The third-order valence-corrected chi connectivity index (χ3v) is 5.97. The van der Waals surface area contributed by atoms with Crippen LogP contribution in [0.15, 0.2) is 36.4 Å². The van der Waals surface area contributed by atoms with Gasteiger partial charge in [-0.2, -0.15) is 0 Å². The number of nitrogens with one attached hydrogen (secondary N) is 1. The molecule has 0 aromatic heterocycles. The van der Waals surface area contributed by atoms with Crippen LogP contribution in [0, 0.1) is 0 Å². The quantitative estimate of drug-likeness (QED) is 0.657. The molecule has 0 saturated heterocycles. The van der Waals surface area contributed by atoms with Gasteiger partial charge in [0.25, 0.3) is 5.91 Å². The van der Waals surface area contributed by atoms with Crippen LogP contribution in [0.4, 0.5) is 0 Å². The van der Waals surface area contributed by atoms with Gasteiger partial charge in [0.15, 0.2) is 17.6 Å². The number of phenolic OH excluding ortho intramolecular Hbond substituents is 1. The van der Waals surface area contributed by atoms with E-state index in [1.54, 1.807) is 24.3 Å². The molecule has 3 atom stereocenters. The number of benzene rings is 2. The summed E-state index contributed by atoms with van der Waals surface area (Å²) in [6.07, 6.45) is 2.44. The number of rotatable bonds is 5. The number of ether oxygens (including phenoxy) is 1. The van der Waals surface area contributed by atoms with Crippen LogP contribution in [0.1, 0.15) is 48.8 Å². The van der Waals surface area contributed by atoms with E-state index in [1.165, 1.54) is 13.2 Å². The normalized spacial score (nSPS) is 20.4. The Hall–Kier alpha value is -1.95. The van der Waals surface area contributed by atoms with Crippen molar-refractivity contribution in [2.24, 2.45) is 0 Å². The van der Waals surface area contributed by atoms with Crippen molar-refractivity contribution in [1.29, 1.82) is 0 Å². The van der Waals surface area contributed by atoms with Crippen molar-refractivity contribution in [2.75, 3.05) is 7.11 Å². The lowest BCUT2D eigenvalue weighted by Crippen LogP contribution is -2.43. The van der Waals surface area contributed by atoms with Crippen LogP contribution in [0.2, 0.25) is 10.0 Å². The lowest BCUT2D eigenvalue weighted by Gasteiger charge is -2.33. The molecular formula is C21H23Cl2NO4. The molecule has 0 radical (unpaired) electrons. The minimum atomic E-state index is -1.33. The number of aromatic hydroxyl groups is 1. The molecule has 1 amide bonds. The largest absolute Gasteiger partial charge is 0.504 e. The predicted octanol–water partition coefficient (Wildman–Crippen LogP) is 4.58. The van der Waals surface area contributed by atoms with Gasteiger partial charge in [-0.15, -0.1) is 0 Å². The highest BCUT2D eigenvalue weighted by molar-refractivity contribution is 6.42. The maximum Gasteiger partial charge on any atom is 0.253 e. The smallest absolute Gasteiger partial charge is 0.253 e. The highest BCUT2D eigenvalue weighted by Gasteiger charge is 2.30. The third-order valence-electron chi connectivity index (χ3n) is 5.23. The Morgan fingerprint density at radius 1 is 1.14 bits per heavy atom. The zero-order valence-corrected chi connectivity index (χ0v) is 17.0. The number of aliphatic hydroxyl groups is 1. The van der Waals surface area contributed by atoms with E-state index in [9.17, 15) is 15.0 Å². The molecule has 1 aliphatic carbocycles. The van der Waals surface area contributed by atoms with E-state index in [0.717, 1.165) is 31.2 Å². The maximum atomic E-state index is 12.7. The van der Waals surface area contributed by atoms with Crippen LogP contribution in [-0.4, -0.2) is 29.3 Å². The summed E-state index contributed by atoms with van der Waals surface area (Å²) in [6.45, 7) is 0. The number of amides is 1. The first-order valence-electron chi connectivity index (χ1n) is 9.21.